The number of carboxylic acids is 1. The molecule has 1 atom stereocenters. The van der Waals surface area contributed by atoms with Crippen molar-refractivity contribution in [2.24, 2.45) is 0 Å². The van der Waals surface area contributed by atoms with E-state index in [2.05, 4.69) is 0 Å². The van der Waals surface area contributed by atoms with Gasteiger partial charge in [-0.15, -0.1) is 0 Å². The predicted octanol–water partition coefficient (Wildman–Crippen LogP) is 0.906. The molecule has 0 heterocycles. The van der Waals surface area contributed by atoms with Crippen LogP contribution >= 0.6 is 0 Å². The van der Waals surface area contributed by atoms with Crippen LogP contribution in [-0.4, -0.2) is 22.0 Å². The molecule has 5 nitrogen and oxygen atoms in total. The van der Waals surface area contributed by atoms with Gasteiger partial charge in [0.1, 0.15) is 0 Å². The quantitative estimate of drug-likeness (QED) is 0.480. The number of carboxylic acid groups (broad SMARTS) is 1. The molecule has 0 aromatic carbocycles. The number of nitro groups is 1. The fraction of sp³-hybridized carbons (Fsp3) is 0.833. The van der Waals surface area contributed by atoms with E-state index in [1.54, 1.807) is 6.92 Å². The molecule has 5 heteroatoms. The Hall–Kier alpha value is -1.13. The summed E-state index contributed by atoms with van der Waals surface area (Å²) in [7, 11) is 0. The first-order chi connectivity index (χ1) is 5.07. The third-order valence-electron chi connectivity index (χ3n) is 1.46. The molecule has 0 rings (SSSR count). The zero-order valence-electron chi connectivity index (χ0n) is 6.32. The second-order valence-corrected chi connectivity index (χ2v) is 2.28. The van der Waals surface area contributed by atoms with Crippen molar-refractivity contribution < 1.29 is 14.8 Å². The summed E-state index contributed by atoms with van der Waals surface area (Å²) in [4.78, 5) is 19.7. The topological polar surface area (TPSA) is 80.4 Å². The third-order valence-corrected chi connectivity index (χ3v) is 1.46. The lowest BCUT2D eigenvalue weighted by atomic mass is 10.1. The smallest absolute Gasteiger partial charge is 0.303 e. The fourth-order valence-corrected chi connectivity index (χ4v) is 0.749. The Kier molecular flexibility index (Phi) is 4.17. The lowest BCUT2D eigenvalue weighted by molar-refractivity contribution is -0.523. The van der Waals surface area contributed by atoms with Crippen LogP contribution in [0.3, 0.4) is 0 Å². The van der Waals surface area contributed by atoms with E-state index in [4.69, 9.17) is 5.11 Å². The average Bonchev–Trinajstić information content (AvgIpc) is 1.87. The fourth-order valence-electron chi connectivity index (χ4n) is 0.749. The molecule has 0 aliphatic rings. The maximum Gasteiger partial charge on any atom is 0.303 e. The third kappa shape index (κ3) is 4.30. The molecule has 0 saturated heterocycles. The van der Waals surface area contributed by atoms with Crippen molar-refractivity contribution in [3.63, 3.8) is 0 Å². The Morgan fingerprint density at radius 3 is 2.55 bits per heavy atom. The molecule has 0 fully saturated rings. The largest absolute Gasteiger partial charge is 0.481 e. The number of nitrogens with zero attached hydrogens (tertiary/aromatic N) is 1. The Balaban J connectivity index is 3.70. The summed E-state index contributed by atoms with van der Waals surface area (Å²) in [6.07, 6.45) is 0.387. The van der Waals surface area contributed by atoms with E-state index in [9.17, 15) is 14.9 Å². The highest BCUT2D eigenvalue weighted by Gasteiger charge is 2.17. The second kappa shape index (κ2) is 4.65. The van der Waals surface area contributed by atoms with Crippen LogP contribution < -0.4 is 0 Å². The van der Waals surface area contributed by atoms with E-state index in [1.165, 1.54) is 0 Å². The van der Waals surface area contributed by atoms with Crippen molar-refractivity contribution in [2.75, 3.05) is 0 Å². The summed E-state index contributed by atoms with van der Waals surface area (Å²) < 4.78 is 0. The Morgan fingerprint density at radius 1 is 1.73 bits per heavy atom. The van der Waals surface area contributed by atoms with E-state index in [0.29, 0.717) is 6.42 Å². The lowest BCUT2D eigenvalue weighted by Gasteiger charge is -2.03. The minimum absolute atomic E-state index is 0.124. The van der Waals surface area contributed by atoms with Gasteiger partial charge in [0, 0.05) is 17.8 Å². The maximum atomic E-state index is 10.2. The van der Waals surface area contributed by atoms with E-state index < -0.39 is 16.9 Å². The lowest BCUT2D eigenvalue weighted by Crippen LogP contribution is -2.19. The number of hydrogen-bond acceptors (Lipinski definition) is 3. The Morgan fingerprint density at radius 2 is 2.27 bits per heavy atom. The molecule has 0 spiro atoms. The summed E-state index contributed by atoms with van der Waals surface area (Å²) in [6.45, 7) is 1.68. The van der Waals surface area contributed by atoms with Crippen LogP contribution in [0.15, 0.2) is 0 Å². The molecule has 11 heavy (non-hydrogen) atoms. The molecular weight excluding hydrogens is 150 g/mol. The summed E-state index contributed by atoms with van der Waals surface area (Å²) in [5, 5.41) is 18.4. The first-order valence-electron chi connectivity index (χ1n) is 3.43. The van der Waals surface area contributed by atoms with Crippen LogP contribution in [0.4, 0.5) is 0 Å². The highest BCUT2D eigenvalue weighted by molar-refractivity contribution is 5.66. The summed E-state index contributed by atoms with van der Waals surface area (Å²) in [6, 6.07) is -0.703. The molecule has 0 amide bonds. The molecule has 0 aromatic heterocycles. The number of aliphatic carboxylic acids is 1. The predicted molar refractivity (Wildman–Crippen MR) is 37.9 cm³/mol. The SMILES string of the molecule is CCC(CCC(=O)O)[N+](=O)[O-]. The van der Waals surface area contributed by atoms with Crippen molar-refractivity contribution in [2.45, 2.75) is 32.2 Å². The van der Waals surface area contributed by atoms with Gasteiger partial charge in [-0.05, 0) is 0 Å². The van der Waals surface area contributed by atoms with Gasteiger partial charge in [-0.3, -0.25) is 14.9 Å². The van der Waals surface area contributed by atoms with E-state index >= 15 is 0 Å². The van der Waals surface area contributed by atoms with Crippen molar-refractivity contribution in [1.29, 1.82) is 0 Å². The summed E-state index contributed by atoms with van der Waals surface area (Å²) in [5.74, 6) is -0.981. The van der Waals surface area contributed by atoms with E-state index in [1.807, 2.05) is 0 Å². The van der Waals surface area contributed by atoms with Crippen LogP contribution in [0.25, 0.3) is 0 Å². The van der Waals surface area contributed by atoms with Gasteiger partial charge < -0.3 is 5.11 Å². The second-order valence-electron chi connectivity index (χ2n) is 2.28. The normalized spacial score (nSPS) is 12.5. The molecule has 64 valence electrons. The van der Waals surface area contributed by atoms with Crippen LogP contribution in [0, 0.1) is 10.1 Å². The highest BCUT2D eigenvalue weighted by Crippen LogP contribution is 2.04. The van der Waals surface area contributed by atoms with Crippen LogP contribution in [0.5, 0.6) is 0 Å². The highest BCUT2D eigenvalue weighted by atomic mass is 16.6. The van der Waals surface area contributed by atoms with Crippen molar-refractivity contribution in [3.05, 3.63) is 10.1 Å². The van der Waals surface area contributed by atoms with E-state index in [-0.39, 0.29) is 12.8 Å². The minimum Gasteiger partial charge on any atom is -0.481 e. The number of rotatable bonds is 5. The van der Waals surface area contributed by atoms with Crippen molar-refractivity contribution in [1.82, 2.24) is 0 Å². The monoisotopic (exact) mass is 161 g/mol. The summed E-state index contributed by atoms with van der Waals surface area (Å²) >= 11 is 0. The number of hydrogen-bond donors (Lipinski definition) is 1. The van der Waals surface area contributed by atoms with Gasteiger partial charge in [-0.25, -0.2) is 0 Å². The van der Waals surface area contributed by atoms with E-state index in [0.717, 1.165) is 0 Å². The van der Waals surface area contributed by atoms with Gasteiger partial charge in [0.25, 0.3) is 0 Å². The number of carbonyl (C=O) groups is 1. The van der Waals surface area contributed by atoms with Gasteiger partial charge in [-0.2, -0.15) is 0 Å². The van der Waals surface area contributed by atoms with Gasteiger partial charge in [0.2, 0.25) is 6.04 Å². The van der Waals surface area contributed by atoms with Gasteiger partial charge in [-0.1, -0.05) is 6.92 Å². The maximum absolute atomic E-state index is 10.2. The molecular formula is C6H11NO4. The molecule has 0 bridgehead atoms. The first kappa shape index (κ1) is 9.87. The van der Waals surface area contributed by atoms with Gasteiger partial charge in [0.15, 0.2) is 0 Å². The van der Waals surface area contributed by atoms with Gasteiger partial charge >= 0.3 is 5.97 Å². The van der Waals surface area contributed by atoms with Crippen LogP contribution in [0.2, 0.25) is 0 Å². The molecule has 1 N–H and O–H groups in total. The molecule has 0 saturated carbocycles. The van der Waals surface area contributed by atoms with Gasteiger partial charge in [0.05, 0.1) is 6.42 Å². The molecule has 0 radical (unpaired) electrons. The molecule has 0 aromatic rings. The zero-order chi connectivity index (χ0) is 8.85. The minimum atomic E-state index is -0.981. The van der Waals surface area contributed by atoms with Crippen LogP contribution in [-0.2, 0) is 4.79 Å². The Labute approximate surface area is 64.2 Å². The molecule has 1 unspecified atom stereocenters. The Bertz CT molecular complexity index is 157. The average molecular weight is 161 g/mol. The van der Waals surface area contributed by atoms with Crippen molar-refractivity contribution >= 4 is 5.97 Å². The van der Waals surface area contributed by atoms with Crippen molar-refractivity contribution in [3.8, 4) is 0 Å². The van der Waals surface area contributed by atoms with Crippen LogP contribution in [0.1, 0.15) is 26.2 Å². The first-order valence-corrected chi connectivity index (χ1v) is 3.43. The molecule has 0 aliphatic heterocycles. The summed E-state index contributed by atoms with van der Waals surface area (Å²) in [5.41, 5.74) is 0. The molecule has 0 aliphatic carbocycles. The zero-order valence-corrected chi connectivity index (χ0v) is 6.32. The standard InChI is InChI=1S/C6H11NO4/c1-2-5(7(10)11)3-4-6(8)9/h5H,2-4H2,1H3,(H,8,9).